The first-order chi connectivity index (χ1) is 18.0. The zero-order chi connectivity index (χ0) is 25.9. The number of hydrogen-bond acceptors (Lipinski definition) is 11. The van der Waals surface area contributed by atoms with Gasteiger partial charge in [0, 0.05) is 39.8 Å². The lowest BCUT2D eigenvalue weighted by atomic mass is 10.1. The number of nitrogens with zero attached hydrogens (tertiary/aromatic N) is 6. The largest absolute Gasteiger partial charge is 0.465 e. The van der Waals surface area contributed by atoms with E-state index in [9.17, 15) is 14.9 Å². The lowest BCUT2D eigenvalue weighted by Gasteiger charge is -2.35. The van der Waals surface area contributed by atoms with Gasteiger partial charge in [-0.2, -0.15) is 0 Å². The molecule has 0 N–H and O–H groups in total. The van der Waals surface area contributed by atoms with Crippen LogP contribution in [0.5, 0.6) is 11.5 Å². The maximum absolute atomic E-state index is 12.3. The Morgan fingerprint density at radius 1 is 1.11 bits per heavy atom. The Kier molecular flexibility index (Phi) is 6.73. The number of aromatic nitrogens is 2. The molecule has 5 rings (SSSR count). The van der Waals surface area contributed by atoms with Crippen LogP contribution in [0, 0.1) is 10.1 Å². The van der Waals surface area contributed by atoms with Gasteiger partial charge in [-0.15, -0.1) is 0 Å². The van der Waals surface area contributed by atoms with Crippen molar-refractivity contribution in [3.05, 3.63) is 70.0 Å². The number of hydrogen-bond donors (Lipinski definition) is 0. The number of nitro groups is 1. The van der Waals surface area contributed by atoms with Crippen molar-refractivity contribution in [3.8, 4) is 11.5 Å². The molecule has 0 unspecified atom stereocenters. The lowest BCUT2D eigenvalue weighted by molar-refractivity contribution is -0.383. The predicted octanol–water partition coefficient (Wildman–Crippen LogP) is 2.99. The average molecular weight is 507 g/mol. The van der Waals surface area contributed by atoms with E-state index in [4.69, 9.17) is 14.2 Å². The molecule has 0 atom stereocenters. The van der Waals surface area contributed by atoms with Crippen molar-refractivity contribution in [2.75, 3.05) is 56.9 Å². The van der Waals surface area contributed by atoms with Gasteiger partial charge in [-0.05, 0) is 29.8 Å². The quantitative estimate of drug-likeness (QED) is 0.267. The molecule has 1 aromatic heterocycles. The number of carbonyl (C=O) groups is 1. The van der Waals surface area contributed by atoms with Crippen LogP contribution in [0.25, 0.3) is 0 Å². The van der Waals surface area contributed by atoms with E-state index in [0.717, 1.165) is 23.6 Å². The third-order valence-corrected chi connectivity index (χ3v) is 6.47. The van der Waals surface area contributed by atoms with Crippen molar-refractivity contribution >= 4 is 29.0 Å². The van der Waals surface area contributed by atoms with E-state index in [-0.39, 0.29) is 29.7 Å². The van der Waals surface area contributed by atoms with Crippen molar-refractivity contribution in [2.45, 2.75) is 6.54 Å². The second-order valence-electron chi connectivity index (χ2n) is 8.65. The summed E-state index contributed by atoms with van der Waals surface area (Å²) < 4.78 is 15.7. The molecule has 2 aliphatic rings. The van der Waals surface area contributed by atoms with E-state index < -0.39 is 10.9 Å². The zero-order valence-corrected chi connectivity index (χ0v) is 20.5. The fourth-order valence-corrected chi connectivity index (χ4v) is 4.58. The lowest BCUT2D eigenvalue weighted by Crippen LogP contribution is -2.46. The number of fused-ring (bicyclic) bond motifs is 1. The van der Waals surface area contributed by atoms with Gasteiger partial charge in [0.25, 0.3) is 0 Å². The average Bonchev–Trinajstić information content (AvgIpc) is 3.40. The van der Waals surface area contributed by atoms with Crippen LogP contribution < -0.4 is 19.3 Å². The number of ether oxygens (including phenoxy) is 3. The summed E-state index contributed by atoms with van der Waals surface area (Å²) in [5.41, 5.74) is 1.61. The van der Waals surface area contributed by atoms with Gasteiger partial charge in [0.05, 0.1) is 23.3 Å². The minimum Gasteiger partial charge on any atom is -0.465 e. The maximum Gasteiger partial charge on any atom is 0.353 e. The van der Waals surface area contributed by atoms with Crippen LogP contribution in [0.3, 0.4) is 0 Å². The number of carbonyl (C=O) groups excluding carboxylic acids is 1. The molecule has 3 aromatic rings. The molecule has 0 aliphatic carbocycles. The molecule has 12 nitrogen and oxygen atoms in total. The number of para-hydroxylation sites is 1. The summed E-state index contributed by atoms with van der Waals surface area (Å²) in [6.07, 6.45) is 1.31. The van der Waals surface area contributed by atoms with Crippen LogP contribution in [0.2, 0.25) is 0 Å². The summed E-state index contributed by atoms with van der Waals surface area (Å²) in [5, 5.41) is 12.2. The molecule has 0 saturated carbocycles. The zero-order valence-electron chi connectivity index (χ0n) is 20.5. The van der Waals surface area contributed by atoms with Gasteiger partial charge < -0.3 is 24.0 Å². The van der Waals surface area contributed by atoms with Gasteiger partial charge in [0.1, 0.15) is 6.33 Å². The molecule has 0 spiro atoms. The second kappa shape index (κ2) is 10.3. The summed E-state index contributed by atoms with van der Waals surface area (Å²) in [6, 6.07) is 12.6. The summed E-state index contributed by atoms with van der Waals surface area (Å²) in [5.74, 6) is 1.30. The van der Waals surface area contributed by atoms with E-state index in [1.54, 1.807) is 31.3 Å². The molecule has 3 heterocycles. The summed E-state index contributed by atoms with van der Waals surface area (Å²) in [4.78, 5) is 38.3. The van der Waals surface area contributed by atoms with Gasteiger partial charge in [-0.25, -0.2) is 14.8 Å². The standard InChI is InChI=1S/C25H26N6O6/c1-28(19-6-4-3-5-18(19)25(32)35-2)23-22(31(33)34)24(27-15-26-23)30-11-9-29(10-12-30)14-17-7-8-20-21(13-17)37-16-36-20/h3-8,13,15H,9-12,14,16H2,1-2H3. The van der Waals surface area contributed by atoms with Crippen LogP contribution in [0.1, 0.15) is 15.9 Å². The summed E-state index contributed by atoms with van der Waals surface area (Å²) in [6.45, 7) is 3.49. The third kappa shape index (κ3) is 4.83. The minimum absolute atomic E-state index is 0.0918. The molecular formula is C25H26N6O6. The van der Waals surface area contributed by atoms with Crippen molar-refractivity contribution in [1.29, 1.82) is 0 Å². The van der Waals surface area contributed by atoms with Gasteiger partial charge >= 0.3 is 11.7 Å². The van der Waals surface area contributed by atoms with E-state index in [1.807, 2.05) is 23.1 Å². The number of piperazine rings is 1. The number of rotatable bonds is 7. The fourth-order valence-electron chi connectivity index (χ4n) is 4.58. The molecule has 2 aromatic carbocycles. The number of anilines is 3. The molecule has 12 heteroatoms. The Balaban J connectivity index is 1.35. The van der Waals surface area contributed by atoms with Crippen molar-refractivity contribution in [2.24, 2.45) is 0 Å². The molecule has 1 fully saturated rings. The molecule has 0 radical (unpaired) electrons. The van der Waals surface area contributed by atoms with Crippen LogP contribution in [0.15, 0.2) is 48.8 Å². The predicted molar refractivity (Wildman–Crippen MR) is 135 cm³/mol. The van der Waals surface area contributed by atoms with Crippen LogP contribution in [0.4, 0.5) is 23.0 Å². The topological polar surface area (TPSA) is 123 Å². The number of methoxy groups -OCH3 is 1. The Hall–Kier alpha value is -4.45. The first kappa shape index (κ1) is 24.3. The van der Waals surface area contributed by atoms with E-state index in [1.165, 1.54) is 18.3 Å². The highest BCUT2D eigenvalue weighted by atomic mass is 16.7. The number of esters is 1. The van der Waals surface area contributed by atoms with E-state index >= 15 is 0 Å². The summed E-state index contributed by atoms with van der Waals surface area (Å²) >= 11 is 0. The molecule has 37 heavy (non-hydrogen) atoms. The molecule has 0 amide bonds. The van der Waals surface area contributed by atoms with Gasteiger partial charge in [-0.3, -0.25) is 15.0 Å². The van der Waals surface area contributed by atoms with Crippen molar-refractivity contribution in [3.63, 3.8) is 0 Å². The van der Waals surface area contributed by atoms with Crippen LogP contribution in [-0.4, -0.2) is 72.9 Å². The highest BCUT2D eigenvalue weighted by Crippen LogP contribution is 2.38. The van der Waals surface area contributed by atoms with E-state index in [2.05, 4.69) is 14.9 Å². The summed E-state index contributed by atoms with van der Waals surface area (Å²) in [7, 11) is 2.92. The van der Waals surface area contributed by atoms with Gasteiger partial charge in [0.2, 0.25) is 18.4 Å². The smallest absolute Gasteiger partial charge is 0.353 e. The minimum atomic E-state index is -0.544. The first-order valence-electron chi connectivity index (χ1n) is 11.7. The molecule has 192 valence electrons. The molecule has 0 bridgehead atoms. The fraction of sp³-hybridized carbons (Fsp3) is 0.320. The Morgan fingerprint density at radius 2 is 1.86 bits per heavy atom. The Morgan fingerprint density at radius 3 is 2.62 bits per heavy atom. The van der Waals surface area contributed by atoms with Gasteiger partial charge in [0.15, 0.2) is 11.5 Å². The second-order valence-corrected chi connectivity index (χ2v) is 8.65. The highest BCUT2D eigenvalue weighted by molar-refractivity contribution is 5.97. The Bertz CT molecular complexity index is 1330. The first-order valence-corrected chi connectivity index (χ1v) is 11.7. The van der Waals surface area contributed by atoms with Crippen LogP contribution >= 0.6 is 0 Å². The Labute approximate surface area is 213 Å². The normalized spacial score (nSPS) is 14.9. The monoisotopic (exact) mass is 506 g/mol. The van der Waals surface area contributed by atoms with Crippen molar-refractivity contribution in [1.82, 2.24) is 14.9 Å². The van der Waals surface area contributed by atoms with Crippen molar-refractivity contribution < 1.29 is 23.9 Å². The SMILES string of the molecule is COC(=O)c1ccccc1N(C)c1ncnc(N2CCN(Cc3ccc4c(c3)OCO4)CC2)c1[N+](=O)[O-]. The van der Waals surface area contributed by atoms with Crippen LogP contribution in [-0.2, 0) is 11.3 Å². The number of benzene rings is 2. The molecular weight excluding hydrogens is 480 g/mol. The van der Waals surface area contributed by atoms with E-state index in [0.29, 0.717) is 31.9 Å². The highest BCUT2D eigenvalue weighted by Gasteiger charge is 2.32. The molecule has 2 aliphatic heterocycles. The molecule has 1 saturated heterocycles. The maximum atomic E-state index is 12.3. The van der Waals surface area contributed by atoms with Gasteiger partial charge in [-0.1, -0.05) is 18.2 Å². The third-order valence-electron chi connectivity index (χ3n) is 6.47.